The van der Waals surface area contributed by atoms with Gasteiger partial charge in [-0.1, -0.05) is 17.7 Å². The maximum atomic E-state index is 8.93. The molecular weight excluding hydrogens is 286 g/mol. The fourth-order valence-corrected chi connectivity index (χ4v) is 2.00. The number of halogens is 1. The number of benzene rings is 1. The Hall–Kier alpha value is -2.25. The lowest BCUT2D eigenvalue weighted by atomic mass is 10.1. The van der Waals surface area contributed by atoms with Crippen LogP contribution in [0.5, 0.6) is 5.75 Å². The lowest BCUT2D eigenvalue weighted by Gasteiger charge is -2.11. The van der Waals surface area contributed by atoms with Gasteiger partial charge in [0.25, 0.3) is 0 Å². The minimum absolute atomic E-state index is 0.258. The number of pyridine rings is 1. The number of aromatic nitrogens is 1. The summed E-state index contributed by atoms with van der Waals surface area (Å²) in [6, 6.07) is 11.1. The summed E-state index contributed by atoms with van der Waals surface area (Å²) < 4.78 is 5.75. The van der Waals surface area contributed by atoms with Gasteiger partial charge in [-0.05, 0) is 43.7 Å². The number of nitriles is 1. The SMILES string of the molecule is CCNc1ccc(Cl)c(COc2cc(C#N)ccc2C)n1. The fourth-order valence-electron chi connectivity index (χ4n) is 1.84. The van der Waals surface area contributed by atoms with Gasteiger partial charge in [0.05, 0.1) is 22.3 Å². The Morgan fingerprint density at radius 2 is 2.14 bits per heavy atom. The number of anilines is 1. The predicted octanol–water partition coefficient (Wildman–Crippen LogP) is 3.93. The molecule has 0 bridgehead atoms. The van der Waals surface area contributed by atoms with E-state index >= 15 is 0 Å². The van der Waals surface area contributed by atoms with Gasteiger partial charge in [0.2, 0.25) is 0 Å². The summed E-state index contributed by atoms with van der Waals surface area (Å²) in [5.41, 5.74) is 2.20. The number of hydrogen-bond donors (Lipinski definition) is 1. The molecule has 5 heteroatoms. The van der Waals surface area contributed by atoms with Crippen LogP contribution in [0, 0.1) is 18.3 Å². The molecule has 0 saturated carbocycles. The molecule has 0 aliphatic rings. The molecule has 0 atom stereocenters. The van der Waals surface area contributed by atoms with Crippen molar-refractivity contribution < 1.29 is 4.74 Å². The molecule has 108 valence electrons. The van der Waals surface area contributed by atoms with Gasteiger partial charge in [0.1, 0.15) is 18.2 Å². The van der Waals surface area contributed by atoms with Gasteiger partial charge in [0.15, 0.2) is 0 Å². The van der Waals surface area contributed by atoms with Gasteiger partial charge in [-0.25, -0.2) is 4.98 Å². The molecule has 0 spiro atoms. The summed E-state index contributed by atoms with van der Waals surface area (Å²) in [5, 5.41) is 12.6. The normalized spacial score (nSPS) is 10.0. The lowest BCUT2D eigenvalue weighted by molar-refractivity contribution is 0.299. The highest BCUT2D eigenvalue weighted by Gasteiger charge is 2.07. The molecule has 2 aromatic rings. The number of aryl methyl sites for hydroxylation is 1. The Kier molecular flexibility index (Phi) is 5.02. The third kappa shape index (κ3) is 3.87. The topological polar surface area (TPSA) is 57.9 Å². The van der Waals surface area contributed by atoms with E-state index in [-0.39, 0.29) is 6.61 Å². The van der Waals surface area contributed by atoms with E-state index in [0.717, 1.165) is 17.9 Å². The van der Waals surface area contributed by atoms with E-state index in [1.165, 1.54) is 0 Å². The van der Waals surface area contributed by atoms with Crippen LogP contribution in [0.3, 0.4) is 0 Å². The number of rotatable bonds is 5. The molecular formula is C16H16ClN3O. The van der Waals surface area contributed by atoms with Crippen LogP contribution in [-0.4, -0.2) is 11.5 Å². The van der Waals surface area contributed by atoms with Crippen molar-refractivity contribution in [3.05, 3.63) is 52.2 Å². The standard InChI is InChI=1S/C16H16ClN3O/c1-3-19-16-7-6-13(17)14(20-16)10-21-15-8-12(9-18)5-4-11(15)2/h4-8H,3,10H2,1-2H3,(H,19,20). The molecule has 1 N–H and O–H groups in total. The Morgan fingerprint density at radius 3 is 2.86 bits per heavy atom. The first-order valence-corrected chi connectivity index (χ1v) is 7.04. The smallest absolute Gasteiger partial charge is 0.132 e. The van der Waals surface area contributed by atoms with Crippen molar-refractivity contribution in [2.75, 3.05) is 11.9 Å². The molecule has 0 aliphatic heterocycles. The zero-order chi connectivity index (χ0) is 15.2. The van der Waals surface area contributed by atoms with Crippen LogP contribution in [0.25, 0.3) is 0 Å². The van der Waals surface area contributed by atoms with Gasteiger partial charge in [-0.3, -0.25) is 0 Å². The molecule has 0 unspecified atom stereocenters. The van der Waals surface area contributed by atoms with E-state index in [4.69, 9.17) is 21.6 Å². The summed E-state index contributed by atoms with van der Waals surface area (Å²) in [6.07, 6.45) is 0. The zero-order valence-electron chi connectivity index (χ0n) is 12.0. The average Bonchev–Trinajstić information content (AvgIpc) is 2.49. The molecule has 1 aromatic heterocycles. The van der Waals surface area contributed by atoms with Gasteiger partial charge in [-0.2, -0.15) is 5.26 Å². The summed E-state index contributed by atoms with van der Waals surface area (Å²) in [5.74, 6) is 1.43. The summed E-state index contributed by atoms with van der Waals surface area (Å²) in [6.45, 7) is 4.98. The molecule has 1 heterocycles. The van der Waals surface area contributed by atoms with E-state index in [2.05, 4.69) is 16.4 Å². The summed E-state index contributed by atoms with van der Waals surface area (Å²) in [7, 11) is 0. The monoisotopic (exact) mass is 301 g/mol. The molecule has 1 aromatic carbocycles. The van der Waals surface area contributed by atoms with Crippen LogP contribution in [0.4, 0.5) is 5.82 Å². The number of nitrogens with one attached hydrogen (secondary N) is 1. The average molecular weight is 302 g/mol. The van der Waals surface area contributed by atoms with Crippen LogP contribution >= 0.6 is 11.6 Å². The molecule has 0 saturated heterocycles. The maximum absolute atomic E-state index is 8.93. The van der Waals surface area contributed by atoms with E-state index in [0.29, 0.717) is 22.0 Å². The highest BCUT2D eigenvalue weighted by Crippen LogP contribution is 2.23. The Labute approximate surface area is 129 Å². The molecule has 0 radical (unpaired) electrons. The van der Waals surface area contributed by atoms with Gasteiger partial charge >= 0.3 is 0 Å². The van der Waals surface area contributed by atoms with E-state index in [1.54, 1.807) is 18.2 Å². The number of nitrogens with zero attached hydrogens (tertiary/aromatic N) is 2. The molecule has 0 aliphatic carbocycles. The van der Waals surface area contributed by atoms with E-state index in [9.17, 15) is 0 Å². The quantitative estimate of drug-likeness (QED) is 0.909. The lowest BCUT2D eigenvalue weighted by Crippen LogP contribution is -2.05. The van der Waals surface area contributed by atoms with E-state index in [1.807, 2.05) is 26.0 Å². The van der Waals surface area contributed by atoms with Crippen molar-refractivity contribution >= 4 is 17.4 Å². The maximum Gasteiger partial charge on any atom is 0.132 e. The highest BCUT2D eigenvalue weighted by molar-refractivity contribution is 6.31. The van der Waals surface area contributed by atoms with Crippen LogP contribution in [0.2, 0.25) is 5.02 Å². The Morgan fingerprint density at radius 1 is 1.33 bits per heavy atom. The van der Waals surface area contributed by atoms with Crippen molar-refractivity contribution in [3.8, 4) is 11.8 Å². The van der Waals surface area contributed by atoms with Crippen molar-refractivity contribution in [1.29, 1.82) is 5.26 Å². The van der Waals surface area contributed by atoms with Crippen molar-refractivity contribution in [2.45, 2.75) is 20.5 Å². The molecule has 21 heavy (non-hydrogen) atoms. The first-order chi connectivity index (χ1) is 10.1. The van der Waals surface area contributed by atoms with Gasteiger partial charge in [-0.15, -0.1) is 0 Å². The van der Waals surface area contributed by atoms with Gasteiger partial charge in [0, 0.05) is 6.54 Å². The minimum atomic E-state index is 0.258. The third-order valence-electron chi connectivity index (χ3n) is 2.96. The van der Waals surface area contributed by atoms with Crippen LogP contribution in [0.15, 0.2) is 30.3 Å². The first-order valence-electron chi connectivity index (χ1n) is 6.67. The van der Waals surface area contributed by atoms with E-state index < -0.39 is 0 Å². The molecule has 2 rings (SSSR count). The fraction of sp³-hybridized carbons (Fsp3) is 0.250. The Balaban J connectivity index is 2.16. The minimum Gasteiger partial charge on any atom is -0.487 e. The zero-order valence-corrected chi connectivity index (χ0v) is 12.7. The summed E-state index contributed by atoms with van der Waals surface area (Å²) in [4.78, 5) is 4.42. The predicted molar refractivity (Wildman–Crippen MR) is 83.6 cm³/mol. The molecule has 0 fully saturated rings. The van der Waals surface area contributed by atoms with Crippen LogP contribution < -0.4 is 10.1 Å². The molecule has 4 nitrogen and oxygen atoms in total. The van der Waals surface area contributed by atoms with Crippen LogP contribution in [-0.2, 0) is 6.61 Å². The number of hydrogen-bond acceptors (Lipinski definition) is 4. The van der Waals surface area contributed by atoms with Gasteiger partial charge < -0.3 is 10.1 Å². The van der Waals surface area contributed by atoms with Crippen LogP contribution in [0.1, 0.15) is 23.7 Å². The summed E-state index contributed by atoms with van der Waals surface area (Å²) >= 11 is 6.14. The second-order valence-electron chi connectivity index (χ2n) is 4.54. The second kappa shape index (κ2) is 6.96. The second-order valence-corrected chi connectivity index (χ2v) is 4.94. The molecule has 0 amide bonds. The van der Waals surface area contributed by atoms with Crippen molar-refractivity contribution in [3.63, 3.8) is 0 Å². The van der Waals surface area contributed by atoms with Crippen molar-refractivity contribution in [1.82, 2.24) is 4.98 Å². The number of ether oxygens (including phenoxy) is 1. The highest BCUT2D eigenvalue weighted by atomic mass is 35.5. The Bertz CT molecular complexity index is 680. The largest absolute Gasteiger partial charge is 0.487 e. The van der Waals surface area contributed by atoms with Crippen molar-refractivity contribution in [2.24, 2.45) is 0 Å². The first kappa shape index (κ1) is 15.1. The third-order valence-corrected chi connectivity index (χ3v) is 3.30.